The summed E-state index contributed by atoms with van der Waals surface area (Å²) in [5, 5.41) is 0. The lowest BCUT2D eigenvalue weighted by molar-refractivity contribution is -0.123. The highest BCUT2D eigenvalue weighted by molar-refractivity contribution is 5.80. The third-order valence-electron chi connectivity index (χ3n) is 2.50. The van der Waals surface area contributed by atoms with E-state index >= 15 is 0 Å². The molecule has 0 bridgehead atoms. The van der Waals surface area contributed by atoms with Crippen molar-refractivity contribution in [3.05, 3.63) is 0 Å². The van der Waals surface area contributed by atoms with Gasteiger partial charge in [0.1, 0.15) is 5.78 Å². The van der Waals surface area contributed by atoms with Crippen molar-refractivity contribution in [2.75, 3.05) is 0 Å². The van der Waals surface area contributed by atoms with Gasteiger partial charge in [0.2, 0.25) is 0 Å². The molecule has 0 saturated heterocycles. The standard InChI is InChI=1S/C12H24O/c1-4-7-10-11(8-5-2)12(13)9-6-3/h11H,4-10H2,1-3H3. The molecular formula is C12H24O. The van der Waals surface area contributed by atoms with Crippen LogP contribution < -0.4 is 0 Å². The first-order chi connectivity index (χ1) is 6.26. The molecule has 0 aliphatic rings. The minimum atomic E-state index is 0.366. The molecule has 0 fully saturated rings. The van der Waals surface area contributed by atoms with E-state index in [1.807, 2.05) is 0 Å². The highest BCUT2D eigenvalue weighted by atomic mass is 16.1. The Kier molecular flexibility index (Phi) is 8.07. The molecule has 0 amide bonds. The van der Waals surface area contributed by atoms with E-state index in [9.17, 15) is 4.79 Å². The van der Waals surface area contributed by atoms with Crippen molar-refractivity contribution in [2.45, 2.75) is 65.7 Å². The zero-order valence-electron chi connectivity index (χ0n) is 9.44. The number of unbranched alkanes of at least 4 members (excludes halogenated alkanes) is 1. The molecule has 0 aromatic rings. The van der Waals surface area contributed by atoms with Gasteiger partial charge in [-0.3, -0.25) is 4.79 Å². The second kappa shape index (κ2) is 8.28. The van der Waals surface area contributed by atoms with E-state index in [0.29, 0.717) is 11.7 Å². The fraction of sp³-hybridized carbons (Fsp3) is 0.917. The van der Waals surface area contributed by atoms with Crippen LogP contribution in [-0.2, 0) is 4.79 Å². The molecule has 13 heavy (non-hydrogen) atoms. The van der Waals surface area contributed by atoms with E-state index in [1.54, 1.807) is 0 Å². The van der Waals surface area contributed by atoms with Gasteiger partial charge >= 0.3 is 0 Å². The molecular weight excluding hydrogens is 160 g/mol. The van der Waals surface area contributed by atoms with E-state index < -0.39 is 0 Å². The maximum absolute atomic E-state index is 11.6. The maximum atomic E-state index is 11.6. The molecule has 0 aliphatic carbocycles. The highest BCUT2D eigenvalue weighted by Gasteiger charge is 2.15. The van der Waals surface area contributed by atoms with Crippen LogP contribution in [0.2, 0.25) is 0 Å². The Morgan fingerprint density at radius 3 is 2.15 bits per heavy atom. The molecule has 0 saturated carbocycles. The summed E-state index contributed by atoms with van der Waals surface area (Å²) in [7, 11) is 0. The van der Waals surface area contributed by atoms with Gasteiger partial charge in [-0.05, 0) is 19.3 Å². The van der Waals surface area contributed by atoms with Crippen molar-refractivity contribution in [1.82, 2.24) is 0 Å². The van der Waals surface area contributed by atoms with Crippen molar-refractivity contribution in [2.24, 2.45) is 5.92 Å². The number of carbonyl (C=O) groups excluding carboxylic acids is 1. The quantitative estimate of drug-likeness (QED) is 0.558. The average molecular weight is 184 g/mol. The molecule has 0 rings (SSSR count). The van der Waals surface area contributed by atoms with Crippen LogP contribution in [0.25, 0.3) is 0 Å². The van der Waals surface area contributed by atoms with E-state index in [-0.39, 0.29) is 0 Å². The molecule has 0 spiro atoms. The van der Waals surface area contributed by atoms with Crippen LogP contribution in [-0.4, -0.2) is 5.78 Å². The Hall–Kier alpha value is -0.330. The summed E-state index contributed by atoms with van der Waals surface area (Å²) in [6.45, 7) is 6.44. The van der Waals surface area contributed by atoms with Gasteiger partial charge in [-0.2, -0.15) is 0 Å². The van der Waals surface area contributed by atoms with Gasteiger partial charge in [0.25, 0.3) is 0 Å². The second-order valence-corrected chi connectivity index (χ2v) is 3.84. The van der Waals surface area contributed by atoms with Crippen LogP contribution >= 0.6 is 0 Å². The molecule has 1 heteroatoms. The molecule has 1 unspecified atom stereocenters. The summed E-state index contributed by atoms with van der Waals surface area (Å²) in [6.07, 6.45) is 7.56. The lowest BCUT2D eigenvalue weighted by Gasteiger charge is -2.13. The summed E-state index contributed by atoms with van der Waals surface area (Å²) in [5.74, 6) is 0.864. The summed E-state index contributed by atoms with van der Waals surface area (Å²) in [4.78, 5) is 11.6. The third kappa shape index (κ3) is 5.84. The predicted octanol–water partition coefficient (Wildman–Crippen LogP) is 3.96. The van der Waals surface area contributed by atoms with Crippen LogP contribution in [0.4, 0.5) is 0 Å². The minimum absolute atomic E-state index is 0.366. The molecule has 0 aromatic carbocycles. The summed E-state index contributed by atoms with van der Waals surface area (Å²) >= 11 is 0. The summed E-state index contributed by atoms with van der Waals surface area (Å²) < 4.78 is 0. The number of hydrogen-bond donors (Lipinski definition) is 0. The number of Topliss-reactive ketones (excluding diaryl/α,β-unsaturated/α-hetero) is 1. The van der Waals surface area contributed by atoms with Crippen LogP contribution in [0.5, 0.6) is 0 Å². The van der Waals surface area contributed by atoms with Gasteiger partial charge in [-0.15, -0.1) is 0 Å². The smallest absolute Gasteiger partial charge is 0.135 e. The maximum Gasteiger partial charge on any atom is 0.135 e. The number of ketones is 1. The summed E-state index contributed by atoms with van der Waals surface area (Å²) in [5.41, 5.74) is 0. The van der Waals surface area contributed by atoms with E-state index in [4.69, 9.17) is 0 Å². The SMILES string of the molecule is CCCCC(CCC)C(=O)CCC. The van der Waals surface area contributed by atoms with E-state index in [2.05, 4.69) is 20.8 Å². The number of carbonyl (C=O) groups is 1. The van der Waals surface area contributed by atoms with Gasteiger partial charge in [0, 0.05) is 12.3 Å². The van der Waals surface area contributed by atoms with Gasteiger partial charge < -0.3 is 0 Å². The van der Waals surface area contributed by atoms with Crippen LogP contribution in [0.1, 0.15) is 65.7 Å². The Bertz CT molecular complexity index is 129. The first-order valence-corrected chi connectivity index (χ1v) is 5.78. The highest BCUT2D eigenvalue weighted by Crippen LogP contribution is 2.18. The zero-order chi connectivity index (χ0) is 10.1. The summed E-state index contributed by atoms with van der Waals surface area (Å²) in [6, 6.07) is 0. The minimum Gasteiger partial charge on any atom is -0.299 e. The normalized spacial score (nSPS) is 12.8. The Balaban J connectivity index is 3.83. The molecule has 78 valence electrons. The largest absolute Gasteiger partial charge is 0.299 e. The van der Waals surface area contributed by atoms with Gasteiger partial charge in [0.15, 0.2) is 0 Å². The van der Waals surface area contributed by atoms with Crippen molar-refractivity contribution in [1.29, 1.82) is 0 Å². The fourth-order valence-electron chi connectivity index (χ4n) is 1.72. The Labute approximate surface area is 82.9 Å². The molecule has 0 aliphatic heterocycles. The lowest BCUT2D eigenvalue weighted by atomic mass is 9.91. The predicted molar refractivity (Wildman–Crippen MR) is 57.8 cm³/mol. The van der Waals surface area contributed by atoms with E-state index in [0.717, 1.165) is 32.1 Å². The molecule has 0 radical (unpaired) electrons. The van der Waals surface area contributed by atoms with Gasteiger partial charge in [-0.25, -0.2) is 0 Å². The first kappa shape index (κ1) is 12.7. The van der Waals surface area contributed by atoms with Crippen LogP contribution in [0.15, 0.2) is 0 Å². The average Bonchev–Trinajstić information content (AvgIpc) is 2.12. The fourth-order valence-corrected chi connectivity index (χ4v) is 1.72. The van der Waals surface area contributed by atoms with Crippen molar-refractivity contribution >= 4 is 5.78 Å². The molecule has 0 heterocycles. The number of hydrogen-bond acceptors (Lipinski definition) is 1. The van der Waals surface area contributed by atoms with Crippen molar-refractivity contribution in [3.63, 3.8) is 0 Å². The van der Waals surface area contributed by atoms with Crippen LogP contribution in [0, 0.1) is 5.92 Å². The monoisotopic (exact) mass is 184 g/mol. The van der Waals surface area contributed by atoms with Crippen molar-refractivity contribution < 1.29 is 4.79 Å². The Morgan fingerprint density at radius 1 is 1.00 bits per heavy atom. The van der Waals surface area contributed by atoms with Gasteiger partial charge in [0.05, 0.1) is 0 Å². The third-order valence-corrected chi connectivity index (χ3v) is 2.50. The lowest BCUT2D eigenvalue weighted by Crippen LogP contribution is -2.13. The Morgan fingerprint density at radius 2 is 1.69 bits per heavy atom. The first-order valence-electron chi connectivity index (χ1n) is 5.78. The topological polar surface area (TPSA) is 17.1 Å². The molecule has 0 aromatic heterocycles. The second-order valence-electron chi connectivity index (χ2n) is 3.84. The number of rotatable bonds is 8. The molecule has 1 nitrogen and oxygen atoms in total. The van der Waals surface area contributed by atoms with Crippen LogP contribution in [0.3, 0.4) is 0 Å². The molecule has 0 N–H and O–H groups in total. The van der Waals surface area contributed by atoms with E-state index in [1.165, 1.54) is 12.8 Å². The zero-order valence-corrected chi connectivity index (χ0v) is 9.44. The van der Waals surface area contributed by atoms with Gasteiger partial charge in [-0.1, -0.05) is 40.0 Å². The molecule has 1 atom stereocenters. The van der Waals surface area contributed by atoms with Crippen molar-refractivity contribution in [3.8, 4) is 0 Å².